The molecule has 92 valence electrons. The van der Waals surface area contributed by atoms with Crippen LogP contribution >= 0.6 is 0 Å². The van der Waals surface area contributed by atoms with Crippen LogP contribution in [0.5, 0.6) is 0 Å². The zero-order chi connectivity index (χ0) is 11.4. The highest BCUT2D eigenvalue weighted by molar-refractivity contribution is 5.76. The van der Waals surface area contributed by atoms with Gasteiger partial charge in [-0.25, -0.2) is 0 Å². The summed E-state index contributed by atoms with van der Waals surface area (Å²) in [5.41, 5.74) is 0. The van der Waals surface area contributed by atoms with Crippen LogP contribution in [0.25, 0.3) is 0 Å². The van der Waals surface area contributed by atoms with Gasteiger partial charge in [0.1, 0.15) is 0 Å². The third-order valence-corrected chi connectivity index (χ3v) is 3.13. The maximum atomic E-state index is 11.8. The van der Waals surface area contributed by atoms with Gasteiger partial charge in [0.2, 0.25) is 5.91 Å². The molecule has 0 bridgehead atoms. The molecule has 0 radical (unpaired) electrons. The van der Waals surface area contributed by atoms with Crippen LogP contribution in [0.3, 0.4) is 0 Å². The minimum atomic E-state index is -0.535. The molecule has 5 nitrogen and oxygen atoms in total. The second-order valence-electron chi connectivity index (χ2n) is 4.35. The van der Waals surface area contributed by atoms with Crippen molar-refractivity contribution in [3.05, 3.63) is 0 Å². The van der Waals surface area contributed by atoms with Gasteiger partial charge in [0.25, 0.3) is 0 Å². The van der Waals surface area contributed by atoms with Crippen LogP contribution in [0.4, 0.5) is 0 Å². The fourth-order valence-corrected chi connectivity index (χ4v) is 2.32. The largest absolute Gasteiger partial charge is 0.396 e. The average Bonchev–Trinajstić information content (AvgIpc) is 2.74. The molecule has 0 unspecified atom stereocenters. The predicted molar refractivity (Wildman–Crippen MR) is 56.8 cm³/mol. The summed E-state index contributed by atoms with van der Waals surface area (Å²) >= 11 is 0. The van der Waals surface area contributed by atoms with E-state index < -0.39 is 5.79 Å². The molecule has 2 heterocycles. The van der Waals surface area contributed by atoms with E-state index in [4.69, 9.17) is 14.6 Å². The number of aliphatic hydroxyl groups is 1. The molecule has 2 rings (SSSR count). The topological polar surface area (TPSA) is 59.0 Å². The molecule has 1 amide bonds. The Bertz CT molecular complexity index is 250. The van der Waals surface area contributed by atoms with Gasteiger partial charge < -0.3 is 19.5 Å². The molecule has 2 saturated heterocycles. The van der Waals surface area contributed by atoms with E-state index in [-0.39, 0.29) is 12.5 Å². The summed E-state index contributed by atoms with van der Waals surface area (Å²) in [4.78, 5) is 13.6. The van der Waals surface area contributed by atoms with Crippen molar-refractivity contribution in [3.8, 4) is 0 Å². The average molecular weight is 229 g/mol. The van der Waals surface area contributed by atoms with Crippen LogP contribution in [0.15, 0.2) is 0 Å². The summed E-state index contributed by atoms with van der Waals surface area (Å²) in [7, 11) is 0. The number of aliphatic hydroxyl groups excluding tert-OH is 1. The van der Waals surface area contributed by atoms with E-state index >= 15 is 0 Å². The van der Waals surface area contributed by atoms with E-state index in [0.29, 0.717) is 32.6 Å². The van der Waals surface area contributed by atoms with Crippen molar-refractivity contribution in [2.24, 2.45) is 0 Å². The van der Waals surface area contributed by atoms with Gasteiger partial charge in [-0.15, -0.1) is 0 Å². The zero-order valence-corrected chi connectivity index (χ0v) is 9.48. The van der Waals surface area contributed by atoms with Gasteiger partial charge in [-0.05, 0) is 12.8 Å². The Morgan fingerprint density at radius 2 is 2.12 bits per heavy atom. The van der Waals surface area contributed by atoms with Crippen molar-refractivity contribution in [2.75, 3.05) is 32.9 Å². The van der Waals surface area contributed by atoms with Crippen LogP contribution in [0.2, 0.25) is 0 Å². The molecule has 1 N–H and O–H groups in total. The number of likely N-dealkylation sites (tertiary alicyclic amines) is 1. The number of hydrogen-bond donors (Lipinski definition) is 1. The van der Waals surface area contributed by atoms with Crippen LogP contribution in [-0.4, -0.2) is 54.6 Å². The molecule has 0 aromatic rings. The number of hydrogen-bond acceptors (Lipinski definition) is 4. The number of ether oxygens (including phenoxy) is 2. The van der Waals surface area contributed by atoms with Crippen LogP contribution < -0.4 is 0 Å². The molecular formula is C11H19NO4. The Morgan fingerprint density at radius 1 is 1.38 bits per heavy atom. The van der Waals surface area contributed by atoms with Gasteiger partial charge in [-0.1, -0.05) is 0 Å². The first-order chi connectivity index (χ1) is 7.76. The molecule has 5 heteroatoms. The van der Waals surface area contributed by atoms with Crippen molar-refractivity contribution in [3.63, 3.8) is 0 Å². The smallest absolute Gasteiger partial charge is 0.222 e. The summed E-state index contributed by atoms with van der Waals surface area (Å²) in [6, 6.07) is 0. The summed E-state index contributed by atoms with van der Waals surface area (Å²) in [5, 5.41) is 8.70. The van der Waals surface area contributed by atoms with Crippen LogP contribution in [0, 0.1) is 0 Å². The Morgan fingerprint density at radius 3 is 2.81 bits per heavy atom. The lowest BCUT2D eigenvalue weighted by Crippen LogP contribution is -2.51. The summed E-state index contributed by atoms with van der Waals surface area (Å²) in [6.07, 6.45) is 2.73. The van der Waals surface area contributed by atoms with Crippen molar-refractivity contribution >= 4 is 5.91 Å². The second-order valence-corrected chi connectivity index (χ2v) is 4.35. The molecule has 16 heavy (non-hydrogen) atoms. The number of nitrogens with zero attached hydrogens (tertiary/aromatic N) is 1. The zero-order valence-electron chi connectivity index (χ0n) is 9.48. The minimum absolute atomic E-state index is 0.0672. The number of rotatable bonds is 3. The molecule has 2 aliphatic heterocycles. The first-order valence-corrected chi connectivity index (χ1v) is 5.92. The van der Waals surface area contributed by atoms with E-state index in [1.807, 2.05) is 0 Å². The normalized spacial score (nSPS) is 23.9. The first-order valence-electron chi connectivity index (χ1n) is 5.92. The maximum absolute atomic E-state index is 11.8. The molecule has 0 aromatic carbocycles. The van der Waals surface area contributed by atoms with Gasteiger partial charge in [0.15, 0.2) is 5.79 Å². The maximum Gasteiger partial charge on any atom is 0.222 e. The Kier molecular flexibility index (Phi) is 3.78. The van der Waals surface area contributed by atoms with E-state index in [2.05, 4.69) is 0 Å². The summed E-state index contributed by atoms with van der Waals surface area (Å²) in [5.74, 6) is -0.445. The standard InChI is InChI=1S/C11H19NO4/c13-6-1-3-10(14)12-5-2-4-11(9-12)15-7-8-16-11/h13H,1-9H2. The highest BCUT2D eigenvalue weighted by Crippen LogP contribution is 2.30. The summed E-state index contributed by atoms with van der Waals surface area (Å²) in [6.45, 7) is 2.63. The lowest BCUT2D eigenvalue weighted by atomic mass is 10.0. The van der Waals surface area contributed by atoms with Crippen molar-refractivity contribution in [1.82, 2.24) is 4.90 Å². The van der Waals surface area contributed by atoms with Gasteiger partial charge in [0, 0.05) is 26.0 Å². The molecule has 0 aromatic heterocycles. The first kappa shape index (κ1) is 11.8. The van der Waals surface area contributed by atoms with Gasteiger partial charge >= 0.3 is 0 Å². The van der Waals surface area contributed by atoms with E-state index in [1.165, 1.54) is 0 Å². The van der Waals surface area contributed by atoms with Crippen LogP contribution in [-0.2, 0) is 14.3 Å². The SMILES string of the molecule is O=C(CCCO)N1CCCC2(C1)OCCO2. The lowest BCUT2D eigenvalue weighted by molar-refractivity contribution is -0.193. The summed E-state index contributed by atoms with van der Waals surface area (Å²) < 4.78 is 11.2. The van der Waals surface area contributed by atoms with Gasteiger partial charge in [-0.2, -0.15) is 0 Å². The van der Waals surface area contributed by atoms with E-state index in [1.54, 1.807) is 4.90 Å². The Labute approximate surface area is 95.3 Å². The predicted octanol–water partition coefficient (Wildman–Crippen LogP) is 0.124. The number of carbonyl (C=O) groups is 1. The van der Waals surface area contributed by atoms with Crippen molar-refractivity contribution < 1.29 is 19.4 Å². The van der Waals surface area contributed by atoms with Gasteiger partial charge in [0.05, 0.1) is 19.8 Å². The molecule has 2 aliphatic rings. The van der Waals surface area contributed by atoms with E-state index in [0.717, 1.165) is 19.4 Å². The van der Waals surface area contributed by atoms with E-state index in [9.17, 15) is 4.79 Å². The van der Waals surface area contributed by atoms with Gasteiger partial charge in [-0.3, -0.25) is 4.79 Å². The molecule has 0 atom stereocenters. The highest BCUT2D eigenvalue weighted by Gasteiger charge is 2.41. The Hall–Kier alpha value is -0.650. The second kappa shape index (κ2) is 5.12. The molecule has 2 fully saturated rings. The third kappa shape index (κ3) is 2.53. The highest BCUT2D eigenvalue weighted by atomic mass is 16.7. The fraction of sp³-hybridized carbons (Fsp3) is 0.909. The number of carbonyl (C=O) groups excluding carboxylic acids is 1. The molecule has 1 spiro atoms. The van der Waals surface area contributed by atoms with Crippen LogP contribution in [0.1, 0.15) is 25.7 Å². The number of piperidine rings is 1. The monoisotopic (exact) mass is 229 g/mol. The fourth-order valence-electron chi connectivity index (χ4n) is 2.32. The number of amides is 1. The lowest BCUT2D eigenvalue weighted by Gasteiger charge is -2.38. The quantitative estimate of drug-likeness (QED) is 0.747. The van der Waals surface area contributed by atoms with Crippen molar-refractivity contribution in [1.29, 1.82) is 0 Å². The molecule has 0 saturated carbocycles. The molecular weight excluding hydrogens is 210 g/mol. The van der Waals surface area contributed by atoms with Crippen molar-refractivity contribution in [2.45, 2.75) is 31.5 Å². The molecule has 0 aliphatic carbocycles. The minimum Gasteiger partial charge on any atom is -0.396 e. The Balaban J connectivity index is 1.88. The third-order valence-electron chi connectivity index (χ3n) is 3.13.